The van der Waals surface area contributed by atoms with Gasteiger partial charge in [-0.15, -0.1) is 0 Å². The van der Waals surface area contributed by atoms with Gasteiger partial charge in [0.05, 0.1) is 11.3 Å². The van der Waals surface area contributed by atoms with Gasteiger partial charge in [-0.25, -0.2) is 0 Å². The van der Waals surface area contributed by atoms with E-state index in [1.807, 2.05) is 25.8 Å². The second kappa shape index (κ2) is 8.29. The van der Waals surface area contributed by atoms with E-state index in [-0.39, 0.29) is 11.8 Å². The van der Waals surface area contributed by atoms with E-state index in [0.717, 1.165) is 36.5 Å². The Morgan fingerprint density at radius 3 is 2.91 bits per heavy atom. The zero-order valence-corrected chi connectivity index (χ0v) is 15.0. The molecular weight excluding hydrogens is 312 g/mol. The molecule has 1 aliphatic heterocycles. The lowest BCUT2D eigenvalue weighted by atomic mass is 9.97. The fourth-order valence-corrected chi connectivity index (χ4v) is 3.68. The van der Waals surface area contributed by atoms with Gasteiger partial charge in [0.1, 0.15) is 5.00 Å². The number of aryl methyl sites for hydroxylation is 1. The highest BCUT2D eigenvalue weighted by molar-refractivity contribution is 7.10. The largest absolute Gasteiger partial charge is 0.378 e. The summed E-state index contributed by atoms with van der Waals surface area (Å²) in [5.74, 6) is 0.481. The zero-order valence-electron chi connectivity index (χ0n) is 14.1. The van der Waals surface area contributed by atoms with Crippen LogP contribution in [0.25, 0.3) is 0 Å². The first-order valence-electron chi connectivity index (χ1n) is 8.26. The Balaban J connectivity index is 1.96. The molecule has 7 heteroatoms. The van der Waals surface area contributed by atoms with Crippen molar-refractivity contribution in [3.63, 3.8) is 0 Å². The van der Waals surface area contributed by atoms with Gasteiger partial charge in [-0.3, -0.25) is 9.59 Å². The quantitative estimate of drug-likeness (QED) is 0.834. The van der Waals surface area contributed by atoms with Gasteiger partial charge in [-0.2, -0.15) is 4.37 Å². The molecule has 1 aromatic rings. The average molecular weight is 338 g/mol. The first-order chi connectivity index (χ1) is 11.1. The number of anilines is 1. The van der Waals surface area contributed by atoms with Crippen LogP contribution in [-0.2, 0) is 4.79 Å². The van der Waals surface area contributed by atoms with Crippen molar-refractivity contribution in [3.8, 4) is 0 Å². The number of carbonyl (C=O) groups excluding carboxylic acids is 2. The maximum absolute atomic E-state index is 12.8. The molecule has 2 heterocycles. The summed E-state index contributed by atoms with van der Waals surface area (Å²) in [6, 6.07) is 0. The third-order valence-electron chi connectivity index (χ3n) is 4.17. The van der Waals surface area contributed by atoms with Crippen molar-refractivity contribution in [2.45, 2.75) is 39.5 Å². The lowest BCUT2D eigenvalue weighted by Crippen LogP contribution is -2.43. The van der Waals surface area contributed by atoms with Crippen LogP contribution in [0.1, 0.15) is 48.7 Å². The summed E-state index contributed by atoms with van der Waals surface area (Å²) in [6.07, 6.45) is 3.46. The van der Waals surface area contributed by atoms with Crippen LogP contribution >= 0.6 is 11.5 Å². The van der Waals surface area contributed by atoms with Crippen LogP contribution in [0.2, 0.25) is 0 Å². The van der Waals surface area contributed by atoms with Crippen molar-refractivity contribution in [3.05, 3.63) is 11.3 Å². The predicted octanol–water partition coefficient (Wildman–Crippen LogP) is 2.26. The summed E-state index contributed by atoms with van der Waals surface area (Å²) in [5, 5.41) is 6.86. The number of nitrogens with zero attached hydrogens (tertiary/aromatic N) is 2. The number of nitrogens with one attached hydrogen (secondary N) is 2. The van der Waals surface area contributed by atoms with Crippen LogP contribution in [0.15, 0.2) is 0 Å². The lowest BCUT2D eigenvalue weighted by Gasteiger charge is -2.33. The molecule has 6 nitrogen and oxygen atoms in total. The average Bonchev–Trinajstić information content (AvgIpc) is 2.93. The number of amides is 2. The minimum absolute atomic E-state index is 0.0465. The van der Waals surface area contributed by atoms with Gasteiger partial charge in [0.25, 0.3) is 5.91 Å². The number of likely N-dealkylation sites (tertiary alicyclic amines) is 1. The van der Waals surface area contributed by atoms with Gasteiger partial charge in [0, 0.05) is 33.1 Å². The summed E-state index contributed by atoms with van der Waals surface area (Å²) < 4.78 is 4.28. The van der Waals surface area contributed by atoms with Crippen LogP contribution in [-0.4, -0.2) is 47.8 Å². The smallest absolute Gasteiger partial charge is 0.258 e. The summed E-state index contributed by atoms with van der Waals surface area (Å²) in [7, 11) is 1.81. The molecule has 0 radical (unpaired) electrons. The second-order valence-corrected chi connectivity index (χ2v) is 6.81. The lowest BCUT2D eigenvalue weighted by molar-refractivity contribution is -0.121. The number of rotatable bonds is 6. The number of hydrogen-bond donors (Lipinski definition) is 2. The fraction of sp³-hybridized carbons (Fsp3) is 0.688. The van der Waals surface area contributed by atoms with Crippen LogP contribution in [0.3, 0.4) is 0 Å². The minimum Gasteiger partial charge on any atom is -0.378 e. The van der Waals surface area contributed by atoms with Gasteiger partial charge >= 0.3 is 0 Å². The molecule has 1 unspecified atom stereocenters. The van der Waals surface area contributed by atoms with Gasteiger partial charge in [-0.1, -0.05) is 6.92 Å². The molecule has 23 heavy (non-hydrogen) atoms. The van der Waals surface area contributed by atoms with E-state index < -0.39 is 0 Å². The first kappa shape index (κ1) is 17.7. The molecule has 2 rings (SSSR count). The Bertz CT molecular complexity index is 558. The summed E-state index contributed by atoms with van der Waals surface area (Å²) in [5.41, 5.74) is 1.47. The minimum atomic E-state index is 0.0465. The van der Waals surface area contributed by atoms with E-state index in [1.165, 1.54) is 11.5 Å². The van der Waals surface area contributed by atoms with Gasteiger partial charge in [0.15, 0.2) is 0 Å². The second-order valence-electron chi connectivity index (χ2n) is 6.04. The Morgan fingerprint density at radius 2 is 2.22 bits per heavy atom. The Labute approximate surface area is 141 Å². The molecule has 1 aliphatic rings. The van der Waals surface area contributed by atoms with Crippen molar-refractivity contribution in [2.24, 2.45) is 5.92 Å². The Morgan fingerprint density at radius 1 is 1.43 bits per heavy atom. The van der Waals surface area contributed by atoms with Crippen molar-refractivity contribution in [1.82, 2.24) is 14.6 Å². The van der Waals surface area contributed by atoms with Crippen LogP contribution < -0.4 is 10.6 Å². The normalized spacial score (nSPS) is 17.9. The predicted molar refractivity (Wildman–Crippen MR) is 92.9 cm³/mol. The summed E-state index contributed by atoms with van der Waals surface area (Å²) in [4.78, 5) is 26.3. The summed E-state index contributed by atoms with van der Waals surface area (Å²) >= 11 is 1.32. The van der Waals surface area contributed by atoms with Crippen molar-refractivity contribution >= 4 is 28.3 Å². The van der Waals surface area contributed by atoms with E-state index in [4.69, 9.17) is 0 Å². The highest BCUT2D eigenvalue weighted by Crippen LogP contribution is 2.27. The molecule has 1 aromatic heterocycles. The highest BCUT2D eigenvalue weighted by atomic mass is 32.1. The molecule has 0 aliphatic carbocycles. The van der Waals surface area contributed by atoms with Crippen molar-refractivity contribution in [1.29, 1.82) is 0 Å². The van der Waals surface area contributed by atoms with Crippen molar-refractivity contribution < 1.29 is 9.59 Å². The van der Waals surface area contributed by atoms with Crippen LogP contribution in [0.4, 0.5) is 5.00 Å². The zero-order chi connectivity index (χ0) is 16.8. The molecule has 128 valence electrons. The van der Waals surface area contributed by atoms with Crippen LogP contribution in [0.5, 0.6) is 0 Å². The fourth-order valence-electron chi connectivity index (χ4n) is 2.94. The molecule has 1 saturated heterocycles. The third-order valence-corrected chi connectivity index (χ3v) is 5.13. The van der Waals surface area contributed by atoms with Gasteiger partial charge in [0.2, 0.25) is 5.91 Å². The molecule has 2 N–H and O–H groups in total. The summed E-state index contributed by atoms with van der Waals surface area (Å²) in [6.45, 7) is 6.00. The van der Waals surface area contributed by atoms with Crippen molar-refractivity contribution in [2.75, 3.05) is 32.0 Å². The molecule has 2 amide bonds. The molecule has 1 fully saturated rings. The molecule has 0 saturated carbocycles. The van der Waals surface area contributed by atoms with E-state index in [9.17, 15) is 9.59 Å². The van der Waals surface area contributed by atoms with E-state index in [0.29, 0.717) is 31.0 Å². The standard InChI is InChI=1S/C16H26N4O2S/c1-4-6-13(21)18-9-12-7-5-8-20(10-12)16(22)14-11(2)19-23-15(14)17-3/h12,17H,4-10H2,1-3H3,(H,18,21). The van der Waals surface area contributed by atoms with Gasteiger partial charge in [-0.05, 0) is 43.6 Å². The highest BCUT2D eigenvalue weighted by Gasteiger charge is 2.28. The topological polar surface area (TPSA) is 74.3 Å². The van der Waals surface area contributed by atoms with Crippen LogP contribution in [0, 0.1) is 12.8 Å². The third kappa shape index (κ3) is 4.43. The number of carbonyl (C=O) groups is 2. The number of aromatic nitrogens is 1. The molecular formula is C16H26N4O2S. The molecule has 0 bridgehead atoms. The maximum Gasteiger partial charge on any atom is 0.258 e. The molecule has 1 atom stereocenters. The van der Waals surface area contributed by atoms with E-state index >= 15 is 0 Å². The van der Waals surface area contributed by atoms with E-state index in [1.54, 1.807) is 0 Å². The molecule has 0 spiro atoms. The number of hydrogen-bond acceptors (Lipinski definition) is 5. The Kier molecular flexibility index (Phi) is 6.38. The number of piperidine rings is 1. The van der Waals surface area contributed by atoms with Gasteiger partial charge < -0.3 is 15.5 Å². The van der Waals surface area contributed by atoms with E-state index in [2.05, 4.69) is 15.0 Å². The first-order valence-corrected chi connectivity index (χ1v) is 9.04. The maximum atomic E-state index is 12.8. The SMILES string of the molecule is CCCC(=O)NCC1CCCN(C(=O)c2c(C)nsc2NC)C1. The molecule has 0 aromatic carbocycles. The Hall–Kier alpha value is -1.63. The monoisotopic (exact) mass is 338 g/mol.